The van der Waals surface area contributed by atoms with Gasteiger partial charge in [0.15, 0.2) is 0 Å². The zero-order valence-corrected chi connectivity index (χ0v) is 10.6. The second kappa shape index (κ2) is 7.27. The van der Waals surface area contributed by atoms with Crippen LogP contribution in [0.1, 0.15) is 32.6 Å². The Hall–Kier alpha value is -1.10. The van der Waals surface area contributed by atoms with Crippen molar-refractivity contribution >= 4 is 11.8 Å². The predicted octanol–water partition coefficient (Wildman–Crippen LogP) is 0.100. The maximum absolute atomic E-state index is 11.8. The highest BCUT2D eigenvalue weighted by Crippen LogP contribution is 2.19. The second-order valence-electron chi connectivity index (χ2n) is 4.57. The molecular formula is C12H23N3O2. The van der Waals surface area contributed by atoms with E-state index in [0.29, 0.717) is 0 Å². The zero-order chi connectivity index (χ0) is 12.7. The molecule has 5 nitrogen and oxygen atoms in total. The highest BCUT2D eigenvalue weighted by Gasteiger charge is 2.19. The van der Waals surface area contributed by atoms with Gasteiger partial charge in [-0.05, 0) is 25.2 Å². The number of carbonyl (C=O) groups excluding carboxylic acids is 2. The van der Waals surface area contributed by atoms with Crippen molar-refractivity contribution in [3.63, 3.8) is 0 Å². The molecule has 5 heteroatoms. The van der Waals surface area contributed by atoms with E-state index in [9.17, 15) is 9.59 Å². The molecule has 1 aliphatic heterocycles. The third-order valence-corrected chi connectivity index (χ3v) is 3.40. The molecule has 0 aromatic carbocycles. The van der Waals surface area contributed by atoms with Gasteiger partial charge in [-0.1, -0.05) is 13.3 Å². The first-order chi connectivity index (χ1) is 8.17. The molecule has 2 amide bonds. The van der Waals surface area contributed by atoms with Gasteiger partial charge in [-0.2, -0.15) is 0 Å². The first kappa shape index (κ1) is 14.0. The first-order valence-corrected chi connectivity index (χ1v) is 6.42. The Bertz CT molecular complexity index is 268. The Morgan fingerprint density at radius 3 is 2.76 bits per heavy atom. The minimum Gasteiger partial charge on any atom is -0.346 e. The van der Waals surface area contributed by atoms with E-state index in [-0.39, 0.29) is 24.9 Å². The number of nitrogens with zero attached hydrogens (tertiary/aromatic N) is 1. The van der Waals surface area contributed by atoms with E-state index >= 15 is 0 Å². The van der Waals surface area contributed by atoms with Crippen molar-refractivity contribution in [2.75, 3.05) is 26.2 Å². The molecule has 1 aliphatic rings. The maximum atomic E-state index is 11.8. The molecule has 1 atom stereocenters. The molecule has 0 spiro atoms. The molecule has 1 rings (SSSR count). The summed E-state index contributed by atoms with van der Waals surface area (Å²) in [7, 11) is 0. The summed E-state index contributed by atoms with van der Waals surface area (Å²) in [6, 6.07) is 0. The Balaban J connectivity index is 2.34. The summed E-state index contributed by atoms with van der Waals surface area (Å²) in [5.41, 5.74) is 5.16. The van der Waals surface area contributed by atoms with Gasteiger partial charge in [0.05, 0.1) is 13.1 Å². The van der Waals surface area contributed by atoms with Crippen molar-refractivity contribution in [3.8, 4) is 0 Å². The Labute approximate surface area is 103 Å². The number of rotatable bonds is 4. The predicted molar refractivity (Wildman–Crippen MR) is 66.3 cm³/mol. The lowest BCUT2D eigenvalue weighted by atomic mass is 9.98. The molecule has 0 aromatic heterocycles. The topological polar surface area (TPSA) is 75.4 Å². The SMILES string of the molecule is CCC1CCCN(C(=O)CNC(=O)CN)CC1. The van der Waals surface area contributed by atoms with Crippen molar-refractivity contribution in [3.05, 3.63) is 0 Å². The van der Waals surface area contributed by atoms with Gasteiger partial charge in [-0.15, -0.1) is 0 Å². The van der Waals surface area contributed by atoms with E-state index < -0.39 is 0 Å². The van der Waals surface area contributed by atoms with Gasteiger partial charge in [0.2, 0.25) is 11.8 Å². The van der Waals surface area contributed by atoms with Crippen LogP contribution in [-0.4, -0.2) is 42.9 Å². The molecule has 1 heterocycles. The van der Waals surface area contributed by atoms with Crippen LogP contribution in [0, 0.1) is 5.92 Å². The molecule has 1 fully saturated rings. The standard InChI is InChI=1S/C12H23N3O2/c1-2-10-4-3-6-15(7-5-10)12(17)9-14-11(16)8-13/h10H,2-9,13H2,1H3,(H,14,16). The molecular weight excluding hydrogens is 218 g/mol. The van der Waals surface area contributed by atoms with Crippen LogP contribution < -0.4 is 11.1 Å². The van der Waals surface area contributed by atoms with Gasteiger partial charge in [-0.25, -0.2) is 0 Å². The van der Waals surface area contributed by atoms with Crippen LogP contribution in [0.5, 0.6) is 0 Å². The van der Waals surface area contributed by atoms with Gasteiger partial charge in [-0.3, -0.25) is 9.59 Å². The number of hydrogen-bond donors (Lipinski definition) is 2. The minimum atomic E-state index is -0.278. The number of nitrogens with two attached hydrogens (primary N) is 1. The van der Waals surface area contributed by atoms with Gasteiger partial charge in [0, 0.05) is 13.1 Å². The number of hydrogen-bond acceptors (Lipinski definition) is 3. The van der Waals surface area contributed by atoms with Crippen molar-refractivity contribution in [1.82, 2.24) is 10.2 Å². The van der Waals surface area contributed by atoms with E-state index in [2.05, 4.69) is 12.2 Å². The number of likely N-dealkylation sites (tertiary alicyclic amines) is 1. The third-order valence-electron chi connectivity index (χ3n) is 3.40. The summed E-state index contributed by atoms with van der Waals surface area (Å²) in [6.45, 7) is 3.84. The minimum absolute atomic E-state index is 0.00329. The lowest BCUT2D eigenvalue weighted by molar-refractivity contribution is -0.132. The number of nitrogens with one attached hydrogen (secondary N) is 1. The van der Waals surface area contributed by atoms with Gasteiger partial charge < -0.3 is 16.0 Å². The molecule has 0 radical (unpaired) electrons. The molecule has 1 unspecified atom stereocenters. The zero-order valence-electron chi connectivity index (χ0n) is 10.6. The summed E-state index contributed by atoms with van der Waals surface area (Å²) in [6.07, 6.45) is 4.53. The fourth-order valence-corrected chi connectivity index (χ4v) is 2.18. The number of carbonyl (C=O) groups is 2. The van der Waals surface area contributed by atoms with Crippen LogP contribution in [0.25, 0.3) is 0 Å². The van der Waals surface area contributed by atoms with E-state index in [1.54, 1.807) is 0 Å². The molecule has 0 saturated carbocycles. The maximum Gasteiger partial charge on any atom is 0.241 e. The van der Waals surface area contributed by atoms with E-state index in [4.69, 9.17) is 5.73 Å². The lowest BCUT2D eigenvalue weighted by Crippen LogP contribution is -2.42. The Morgan fingerprint density at radius 2 is 2.12 bits per heavy atom. The Morgan fingerprint density at radius 1 is 1.35 bits per heavy atom. The summed E-state index contributed by atoms with van der Waals surface area (Å²) < 4.78 is 0. The summed E-state index contributed by atoms with van der Waals surface area (Å²) in [5, 5.41) is 2.52. The first-order valence-electron chi connectivity index (χ1n) is 6.42. The fraction of sp³-hybridized carbons (Fsp3) is 0.833. The quantitative estimate of drug-likeness (QED) is 0.733. The van der Waals surface area contributed by atoms with Crippen LogP contribution in [0.15, 0.2) is 0 Å². The molecule has 3 N–H and O–H groups in total. The summed E-state index contributed by atoms with van der Waals surface area (Å²) >= 11 is 0. The van der Waals surface area contributed by atoms with Crippen LogP contribution in [-0.2, 0) is 9.59 Å². The van der Waals surface area contributed by atoms with E-state index in [1.165, 1.54) is 12.8 Å². The van der Waals surface area contributed by atoms with Crippen LogP contribution >= 0.6 is 0 Å². The Kier molecular flexibility index (Phi) is 5.97. The van der Waals surface area contributed by atoms with Crippen LogP contribution in [0.2, 0.25) is 0 Å². The second-order valence-corrected chi connectivity index (χ2v) is 4.57. The fourth-order valence-electron chi connectivity index (χ4n) is 2.18. The van der Waals surface area contributed by atoms with Gasteiger partial charge >= 0.3 is 0 Å². The van der Waals surface area contributed by atoms with Crippen molar-refractivity contribution < 1.29 is 9.59 Å². The smallest absolute Gasteiger partial charge is 0.241 e. The van der Waals surface area contributed by atoms with Crippen LogP contribution in [0.4, 0.5) is 0 Å². The average molecular weight is 241 g/mol. The van der Waals surface area contributed by atoms with Crippen molar-refractivity contribution in [2.45, 2.75) is 32.6 Å². The molecule has 98 valence electrons. The third kappa shape index (κ3) is 4.73. The van der Waals surface area contributed by atoms with Gasteiger partial charge in [0.25, 0.3) is 0 Å². The van der Waals surface area contributed by atoms with Crippen LogP contribution in [0.3, 0.4) is 0 Å². The van der Waals surface area contributed by atoms with Crippen molar-refractivity contribution in [1.29, 1.82) is 0 Å². The van der Waals surface area contributed by atoms with Gasteiger partial charge in [0.1, 0.15) is 0 Å². The van der Waals surface area contributed by atoms with E-state index in [1.807, 2.05) is 4.90 Å². The summed E-state index contributed by atoms with van der Waals surface area (Å²) in [4.78, 5) is 24.6. The summed E-state index contributed by atoms with van der Waals surface area (Å²) in [5.74, 6) is 0.467. The highest BCUT2D eigenvalue weighted by molar-refractivity contribution is 5.85. The normalized spacial score (nSPS) is 20.8. The average Bonchev–Trinajstić information content (AvgIpc) is 2.60. The molecule has 17 heavy (non-hydrogen) atoms. The highest BCUT2D eigenvalue weighted by atomic mass is 16.2. The molecule has 0 aliphatic carbocycles. The molecule has 0 aromatic rings. The number of amides is 2. The van der Waals surface area contributed by atoms with Crippen molar-refractivity contribution in [2.24, 2.45) is 11.7 Å². The van der Waals surface area contributed by atoms with E-state index in [0.717, 1.165) is 31.8 Å². The largest absolute Gasteiger partial charge is 0.346 e. The molecule has 1 saturated heterocycles. The monoisotopic (exact) mass is 241 g/mol. The molecule has 0 bridgehead atoms. The lowest BCUT2D eigenvalue weighted by Gasteiger charge is -2.20.